The Morgan fingerprint density at radius 3 is 2.59 bits per heavy atom. The molecule has 0 spiro atoms. The molecule has 100 valence electrons. The first-order chi connectivity index (χ1) is 7.86. The van der Waals surface area contributed by atoms with E-state index in [2.05, 4.69) is 0 Å². The predicted molar refractivity (Wildman–Crippen MR) is 68.6 cm³/mol. The molecule has 0 bridgehead atoms. The van der Waals surface area contributed by atoms with E-state index in [9.17, 15) is 4.79 Å². The quantitative estimate of drug-likeness (QED) is 0.807. The monoisotopic (exact) mass is 242 g/mol. The third-order valence-electron chi connectivity index (χ3n) is 3.40. The SMILES string of the molecule is CCN(CC1CCOC1)C(=O)C(N)C(C)(C)C. The second-order valence-corrected chi connectivity index (χ2v) is 5.95. The summed E-state index contributed by atoms with van der Waals surface area (Å²) in [5.41, 5.74) is 5.84. The molecule has 2 atom stereocenters. The third-order valence-corrected chi connectivity index (χ3v) is 3.40. The lowest BCUT2D eigenvalue weighted by molar-refractivity contribution is -0.135. The molecule has 4 nitrogen and oxygen atoms in total. The Labute approximate surface area is 104 Å². The van der Waals surface area contributed by atoms with E-state index >= 15 is 0 Å². The molecular weight excluding hydrogens is 216 g/mol. The summed E-state index contributed by atoms with van der Waals surface area (Å²) in [7, 11) is 0. The lowest BCUT2D eigenvalue weighted by Gasteiger charge is -2.32. The summed E-state index contributed by atoms with van der Waals surface area (Å²) in [4.78, 5) is 14.1. The van der Waals surface area contributed by atoms with Crippen LogP contribution in [0.3, 0.4) is 0 Å². The van der Waals surface area contributed by atoms with E-state index in [0.29, 0.717) is 5.92 Å². The highest BCUT2D eigenvalue weighted by Gasteiger charge is 2.31. The van der Waals surface area contributed by atoms with Gasteiger partial charge in [0.15, 0.2) is 0 Å². The van der Waals surface area contributed by atoms with Crippen LogP contribution in [0, 0.1) is 11.3 Å². The maximum atomic E-state index is 12.3. The largest absolute Gasteiger partial charge is 0.381 e. The molecule has 0 aromatic carbocycles. The van der Waals surface area contributed by atoms with E-state index < -0.39 is 6.04 Å². The van der Waals surface area contributed by atoms with Crippen LogP contribution in [-0.4, -0.2) is 43.2 Å². The first-order valence-electron chi connectivity index (χ1n) is 6.48. The van der Waals surface area contributed by atoms with Crippen molar-refractivity contribution in [3.63, 3.8) is 0 Å². The van der Waals surface area contributed by atoms with Crippen LogP contribution in [0.2, 0.25) is 0 Å². The van der Waals surface area contributed by atoms with E-state index in [1.165, 1.54) is 0 Å². The maximum absolute atomic E-state index is 12.3. The topological polar surface area (TPSA) is 55.6 Å². The Hall–Kier alpha value is -0.610. The van der Waals surface area contributed by atoms with E-state index in [1.54, 1.807) is 0 Å². The molecule has 1 aliphatic rings. The summed E-state index contributed by atoms with van der Waals surface area (Å²) in [6, 6.07) is -0.426. The summed E-state index contributed by atoms with van der Waals surface area (Å²) in [5, 5.41) is 0. The van der Waals surface area contributed by atoms with Crippen molar-refractivity contribution in [3.8, 4) is 0 Å². The van der Waals surface area contributed by atoms with Gasteiger partial charge >= 0.3 is 0 Å². The zero-order chi connectivity index (χ0) is 13.1. The molecule has 0 aliphatic carbocycles. The standard InChI is InChI=1S/C13H26N2O2/c1-5-15(8-10-6-7-17-9-10)12(16)11(14)13(2,3)4/h10-11H,5-9,14H2,1-4H3. The molecule has 0 radical (unpaired) electrons. The van der Waals surface area contributed by atoms with Crippen molar-refractivity contribution in [2.75, 3.05) is 26.3 Å². The maximum Gasteiger partial charge on any atom is 0.240 e. The Morgan fingerprint density at radius 2 is 2.18 bits per heavy atom. The summed E-state index contributed by atoms with van der Waals surface area (Å²) in [5.74, 6) is 0.540. The molecule has 17 heavy (non-hydrogen) atoms. The Morgan fingerprint density at radius 1 is 1.53 bits per heavy atom. The minimum atomic E-state index is -0.426. The number of carbonyl (C=O) groups is 1. The zero-order valence-electron chi connectivity index (χ0n) is 11.5. The van der Waals surface area contributed by atoms with Gasteiger partial charge in [-0.15, -0.1) is 0 Å². The number of carbonyl (C=O) groups excluding carboxylic acids is 1. The molecule has 2 N–H and O–H groups in total. The molecule has 1 fully saturated rings. The van der Waals surface area contributed by atoms with E-state index in [1.807, 2.05) is 32.6 Å². The molecule has 0 aromatic rings. The van der Waals surface area contributed by atoms with Crippen molar-refractivity contribution < 1.29 is 9.53 Å². The van der Waals surface area contributed by atoms with Crippen molar-refractivity contribution in [1.82, 2.24) is 4.90 Å². The van der Waals surface area contributed by atoms with Crippen molar-refractivity contribution in [1.29, 1.82) is 0 Å². The van der Waals surface area contributed by atoms with Crippen LogP contribution in [0.25, 0.3) is 0 Å². The smallest absolute Gasteiger partial charge is 0.240 e. The Bertz CT molecular complexity index is 255. The van der Waals surface area contributed by atoms with Crippen LogP contribution in [0.5, 0.6) is 0 Å². The van der Waals surface area contributed by atoms with Crippen LogP contribution in [0.1, 0.15) is 34.1 Å². The van der Waals surface area contributed by atoms with Crippen LogP contribution >= 0.6 is 0 Å². The minimum absolute atomic E-state index is 0.0619. The normalized spacial score (nSPS) is 22.5. The van der Waals surface area contributed by atoms with Gasteiger partial charge in [0.2, 0.25) is 5.91 Å². The molecule has 4 heteroatoms. The lowest BCUT2D eigenvalue weighted by atomic mass is 9.86. The van der Waals surface area contributed by atoms with E-state index in [4.69, 9.17) is 10.5 Å². The van der Waals surface area contributed by atoms with Gasteiger partial charge in [-0.1, -0.05) is 20.8 Å². The number of likely N-dealkylation sites (N-methyl/N-ethyl adjacent to an activating group) is 1. The Kier molecular flexibility index (Phi) is 4.95. The van der Waals surface area contributed by atoms with Gasteiger partial charge in [-0.05, 0) is 18.8 Å². The summed E-state index contributed by atoms with van der Waals surface area (Å²) < 4.78 is 5.34. The Balaban J connectivity index is 2.57. The molecule has 1 saturated heterocycles. The fourth-order valence-electron chi connectivity index (χ4n) is 1.98. The molecule has 0 aromatic heterocycles. The third kappa shape index (κ3) is 3.96. The highest BCUT2D eigenvalue weighted by atomic mass is 16.5. The first kappa shape index (κ1) is 14.5. The van der Waals surface area contributed by atoms with E-state index in [-0.39, 0.29) is 11.3 Å². The molecular formula is C13H26N2O2. The highest BCUT2D eigenvalue weighted by molar-refractivity contribution is 5.82. The van der Waals surface area contributed by atoms with Crippen LogP contribution in [0.15, 0.2) is 0 Å². The first-order valence-corrected chi connectivity index (χ1v) is 6.48. The van der Waals surface area contributed by atoms with Gasteiger partial charge in [0.25, 0.3) is 0 Å². The predicted octanol–water partition coefficient (Wildman–Crippen LogP) is 1.24. The van der Waals surface area contributed by atoms with Crippen LogP contribution < -0.4 is 5.73 Å². The molecule has 2 unspecified atom stereocenters. The molecule has 1 heterocycles. The lowest BCUT2D eigenvalue weighted by Crippen LogP contribution is -2.51. The van der Waals surface area contributed by atoms with Crippen LogP contribution in [0.4, 0.5) is 0 Å². The fraction of sp³-hybridized carbons (Fsp3) is 0.923. The summed E-state index contributed by atoms with van der Waals surface area (Å²) >= 11 is 0. The van der Waals surface area contributed by atoms with Gasteiger partial charge in [-0.2, -0.15) is 0 Å². The second kappa shape index (κ2) is 5.83. The van der Waals surface area contributed by atoms with Gasteiger partial charge < -0.3 is 15.4 Å². The molecule has 1 amide bonds. The van der Waals surface area contributed by atoms with Crippen molar-refractivity contribution in [2.24, 2.45) is 17.1 Å². The molecule has 0 saturated carbocycles. The van der Waals surface area contributed by atoms with Gasteiger partial charge in [-0.25, -0.2) is 0 Å². The number of ether oxygens (including phenoxy) is 1. The summed E-state index contributed by atoms with van der Waals surface area (Å²) in [6.07, 6.45) is 1.05. The summed E-state index contributed by atoms with van der Waals surface area (Å²) in [6.45, 7) is 11.1. The second-order valence-electron chi connectivity index (χ2n) is 5.95. The fourth-order valence-corrected chi connectivity index (χ4v) is 1.98. The number of amides is 1. The number of nitrogens with zero attached hydrogens (tertiary/aromatic N) is 1. The number of nitrogens with two attached hydrogens (primary N) is 1. The van der Waals surface area contributed by atoms with Gasteiger partial charge in [0, 0.05) is 25.6 Å². The van der Waals surface area contributed by atoms with Gasteiger partial charge in [0.1, 0.15) is 0 Å². The van der Waals surface area contributed by atoms with Gasteiger partial charge in [0.05, 0.1) is 12.6 Å². The van der Waals surface area contributed by atoms with E-state index in [0.717, 1.165) is 32.7 Å². The van der Waals surface area contributed by atoms with Crippen molar-refractivity contribution in [2.45, 2.75) is 40.2 Å². The molecule has 1 aliphatic heterocycles. The van der Waals surface area contributed by atoms with Crippen LogP contribution in [-0.2, 0) is 9.53 Å². The number of hydrogen-bond donors (Lipinski definition) is 1. The number of hydrogen-bond acceptors (Lipinski definition) is 3. The zero-order valence-corrected chi connectivity index (χ0v) is 11.5. The average Bonchev–Trinajstić information content (AvgIpc) is 2.75. The average molecular weight is 242 g/mol. The number of rotatable bonds is 4. The van der Waals surface area contributed by atoms with Gasteiger partial charge in [-0.3, -0.25) is 4.79 Å². The molecule has 1 rings (SSSR count). The van der Waals surface area contributed by atoms with Crippen molar-refractivity contribution in [3.05, 3.63) is 0 Å². The van der Waals surface area contributed by atoms with Crippen molar-refractivity contribution >= 4 is 5.91 Å². The minimum Gasteiger partial charge on any atom is -0.381 e. The highest BCUT2D eigenvalue weighted by Crippen LogP contribution is 2.20.